The van der Waals surface area contributed by atoms with Crippen LogP contribution in [0.5, 0.6) is 0 Å². The molecule has 0 aliphatic carbocycles. The van der Waals surface area contributed by atoms with E-state index in [-0.39, 0.29) is 23.0 Å². The number of benzene rings is 1. The molecule has 6 heteroatoms. The molecule has 1 aromatic rings. The molecule has 5 nitrogen and oxygen atoms in total. The minimum atomic E-state index is -3.64. The third kappa shape index (κ3) is 4.63. The fourth-order valence-electron chi connectivity index (χ4n) is 1.62. The van der Waals surface area contributed by atoms with Gasteiger partial charge in [0.2, 0.25) is 10.0 Å². The van der Waals surface area contributed by atoms with Crippen LogP contribution in [0.1, 0.15) is 25.3 Å². The zero-order valence-corrected chi connectivity index (χ0v) is 11.7. The summed E-state index contributed by atoms with van der Waals surface area (Å²) >= 11 is 0. The maximum Gasteiger partial charge on any atom is 0.241 e. The summed E-state index contributed by atoms with van der Waals surface area (Å²) in [7, 11) is -3.64. The van der Waals surface area contributed by atoms with Crippen molar-refractivity contribution in [3.05, 3.63) is 29.8 Å². The Morgan fingerprint density at radius 2 is 2.11 bits per heavy atom. The molecule has 0 saturated carbocycles. The molecule has 0 aromatic heterocycles. The molecule has 1 unspecified atom stereocenters. The minimum Gasteiger partial charge on any atom is -0.396 e. The first kappa shape index (κ1) is 15.6. The second-order valence-corrected chi connectivity index (χ2v) is 6.17. The molecule has 19 heavy (non-hydrogen) atoms. The summed E-state index contributed by atoms with van der Waals surface area (Å²) in [6.45, 7) is 2.30. The van der Waals surface area contributed by atoms with E-state index in [0.717, 1.165) is 6.42 Å². The molecule has 0 amide bonds. The highest BCUT2D eigenvalue weighted by Crippen LogP contribution is 2.14. The average molecular weight is 282 g/mol. The van der Waals surface area contributed by atoms with Crippen LogP contribution in [0, 0.1) is 17.2 Å². The number of nitrogens with zero attached hydrogens (tertiary/aromatic N) is 1. The van der Waals surface area contributed by atoms with Crippen molar-refractivity contribution in [1.29, 1.82) is 5.26 Å². The van der Waals surface area contributed by atoms with Gasteiger partial charge in [0.1, 0.15) is 6.07 Å². The standard InChI is InChI=1S/C13H18N2O3S/c1-11(10-16)5-4-8-15-19(17,18)13-7-3-2-6-12(13)9-14/h2-3,6-7,11,15-16H,4-5,8,10H2,1H3. The van der Waals surface area contributed by atoms with E-state index < -0.39 is 10.0 Å². The van der Waals surface area contributed by atoms with Gasteiger partial charge in [-0.25, -0.2) is 13.1 Å². The van der Waals surface area contributed by atoms with Gasteiger partial charge in [0.05, 0.1) is 10.5 Å². The lowest BCUT2D eigenvalue weighted by Gasteiger charge is -2.09. The van der Waals surface area contributed by atoms with E-state index in [1.807, 2.05) is 13.0 Å². The first-order chi connectivity index (χ1) is 9.01. The van der Waals surface area contributed by atoms with Crippen molar-refractivity contribution >= 4 is 10.0 Å². The third-order valence-corrected chi connectivity index (χ3v) is 4.29. The summed E-state index contributed by atoms with van der Waals surface area (Å²) < 4.78 is 26.5. The molecule has 1 rings (SSSR count). The molecule has 0 fully saturated rings. The van der Waals surface area contributed by atoms with Gasteiger partial charge in [0, 0.05) is 13.2 Å². The second-order valence-electron chi connectivity index (χ2n) is 4.44. The van der Waals surface area contributed by atoms with Gasteiger partial charge in [-0.2, -0.15) is 5.26 Å². The van der Waals surface area contributed by atoms with Crippen LogP contribution in [-0.4, -0.2) is 26.7 Å². The fraction of sp³-hybridized carbons (Fsp3) is 0.462. The van der Waals surface area contributed by atoms with Gasteiger partial charge in [-0.05, 0) is 30.9 Å². The summed E-state index contributed by atoms with van der Waals surface area (Å²) in [5, 5.41) is 17.8. The van der Waals surface area contributed by atoms with Crippen molar-refractivity contribution in [2.45, 2.75) is 24.7 Å². The van der Waals surface area contributed by atoms with Crippen LogP contribution >= 0.6 is 0 Å². The number of rotatable bonds is 7. The van der Waals surface area contributed by atoms with Gasteiger partial charge >= 0.3 is 0 Å². The van der Waals surface area contributed by atoms with E-state index in [2.05, 4.69) is 4.72 Å². The number of nitrogens with one attached hydrogen (secondary N) is 1. The Morgan fingerprint density at radius 3 is 2.74 bits per heavy atom. The van der Waals surface area contributed by atoms with Crippen LogP contribution in [0.25, 0.3) is 0 Å². The maximum absolute atomic E-state index is 12.0. The van der Waals surface area contributed by atoms with E-state index in [4.69, 9.17) is 10.4 Å². The smallest absolute Gasteiger partial charge is 0.241 e. The molecule has 1 atom stereocenters. The van der Waals surface area contributed by atoms with Crippen molar-refractivity contribution in [1.82, 2.24) is 4.72 Å². The van der Waals surface area contributed by atoms with Gasteiger partial charge < -0.3 is 5.11 Å². The lowest BCUT2D eigenvalue weighted by atomic mass is 10.1. The zero-order valence-electron chi connectivity index (χ0n) is 10.8. The predicted molar refractivity (Wildman–Crippen MR) is 71.8 cm³/mol. The van der Waals surface area contributed by atoms with Gasteiger partial charge in [0.15, 0.2) is 0 Å². The highest BCUT2D eigenvalue weighted by Gasteiger charge is 2.17. The van der Waals surface area contributed by atoms with E-state index in [9.17, 15) is 8.42 Å². The van der Waals surface area contributed by atoms with Crippen molar-refractivity contribution in [3.63, 3.8) is 0 Å². The number of sulfonamides is 1. The topological polar surface area (TPSA) is 90.2 Å². The SMILES string of the molecule is CC(CO)CCCNS(=O)(=O)c1ccccc1C#N. The highest BCUT2D eigenvalue weighted by atomic mass is 32.2. The molecule has 0 spiro atoms. The lowest BCUT2D eigenvalue weighted by molar-refractivity contribution is 0.228. The highest BCUT2D eigenvalue weighted by molar-refractivity contribution is 7.89. The molecular formula is C13H18N2O3S. The first-order valence-electron chi connectivity index (χ1n) is 6.11. The zero-order chi connectivity index (χ0) is 14.3. The Kier molecular flexibility index (Phi) is 5.96. The van der Waals surface area contributed by atoms with Crippen LogP contribution in [0.15, 0.2) is 29.2 Å². The Labute approximate surface area is 113 Å². The normalized spacial score (nSPS) is 12.9. The van der Waals surface area contributed by atoms with Crippen LogP contribution < -0.4 is 4.72 Å². The maximum atomic E-state index is 12.0. The lowest BCUT2D eigenvalue weighted by Crippen LogP contribution is -2.26. The average Bonchev–Trinajstić information content (AvgIpc) is 2.43. The van der Waals surface area contributed by atoms with Gasteiger partial charge in [-0.3, -0.25) is 0 Å². The molecule has 0 saturated heterocycles. The van der Waals surface area contributed by atoms with Crippen LogP contribution in [0.3, 0.4) is 0 Å². The molecule has 0 aliphatic rings. The third-order valence-electron chi connectivity index (χ3n) is 2.77. The molecule has 104 valence electrons. The Bertz CT molecular complexity index is 549. The van der Waals surface area contributed by atoms with E-state index in [1.54, 1.807) is 12.1 Å². The van der Waals surface area contributed by atoms with Gasteiger partial charge in [0.25, 0.3) is 0 Å². The van der Waals surface area contributed by atoms with Crippen molar-refractivity contribution in [3.8, 4) is 6.07 Å². The molecule has 0 heterocycles. The Morgan fingerprint density at radius 1 is 1.42 bits per heavy atom. The molecule has 2 N–H and O–H groups in total. The quantitative estimate of drug-likeness (QED) is 0.736. The molecule has 0 radical (unpaired) electrons. The summed E-state index contributed by atoms with van der Waals surface area (Å²) in [6.07, 6.45) is 1.40. The predicted octanol–water partition coefficient (Wildman–Crippen LogP) is 1.25. The van der Waals surface area contributed by atoms with Crippen LogP contribution in [0.4, 0.5) is 0 Å². The summed E-state index contributed by atoms with van der Waals surface area (Å²) in [6, 6.07) is 7.97. The first-order valence-corrected chi connectivity index (χ1v) is 7.59. The second kappa shape index (κ2) is 7.24. The van der Waals surface area contributed by atoms with Crippen molar-refractivity contribution in [2.75, 3.05) is 13.2 Å². The van der Waals surface area contributed by atoms with Crippen LogP contribution in [-0.2, 0) is 10.0 Å². The number of hydrogen-bond acceptors (Lipinski definition) is 4. The van der Waals surface area contributed by atoms with Crippen LogP contribution in [0.2, 0.25) is 0 Å². The minimum absolute atomic E-state index is 0.00714. The molecule has 1 aromatic carbocycles. The van der Waals surface area contributed by atoms with Crippen molar-refractivity contribution in [2.24, 2.45) is 5.92 Å². The summed E-state index contributed by atoms with van der Waals surface area (Å²) in [4.78, 5) is 0.00714. The number of hydrogen-bond donors (Lipinski definition) is 2. The summed E-state index contributed by atoms with van der Waals surface area (Å²) in [5.41, 5.74) is 0.138. The Hall–Kier alpha value is -1.42. The van der Waals surface area contributed by atoms with E-state index >= 15 is 0 Å². The fourth-order valence-corrected chi connectivity index (χ4v) is 2.85. The number of aliphatic hydroxyl groups excluding tert-OH is 1. The number of aliphatic hydroxyl groups is 1. The Balaban J connectivity index is 2.64. The number of nitriles is 1. The largest absolute Gasteiger partial charge is 0.396 e. The molecular weight excluding hydrogens is 264 g/mol. The van der Waals surface area contributed by atoms with E-state index in [0.29, 0.717) is 13.0 Å². The summed E-state index contributed by atoms with van der Waals surface area (Å²) in [5.74, 6) is 0.163. The van der Waals surface area contributed by atoms with Crippen molar-refractivity contribution < 1.29 is 13.5 Å². The molecule has 0 aliphatic heterocycles. The van der Waals surface area contributed by atoms with Gasteiger partial charge in [-0.1, -0.05) is 19.1 Å². The van der Waals surface area contributed by atoms with E-state index in [1.165, 1.54) is 12.1 Å². The molecule has 0 bridgehead atoms. The van der Waals surface area contributed by atoms with Gasteiger partial charge in [-0.15, -0.1) is 0 Å². The monoisotopic (exact) mass is 282 g/mol.